The fourth-order valence-corrected chi connectivity index (χ4v) is 1.73. The highest BCUT2D eigenvalue weighted by Gasteiger charge is 1.86. The summed E-state index contributed by atoms with van der Waals surface area (Å²) >= 11 is 0. The fourth-order valence-electron chi connectivity index (χ4n) is 1.73. The van der Waals surface area contributed by atoms with Gasteiger partial charge in [0.2, 0.25) is 0 Å². The summed E-state index contributed by atoms with van der Waals surface area (Å²) in [5, 5.41) is 2.27. The normalized spacial score (nSPS) is 14.7. The van der Waals surface area contributed by atoms with E-state index in [-0.39, 0.29) is 0 Å². The van der Waals surface area contributed by atoms with Gasteiger partial charge in [-0.15, -0.1) is 0 Å². The van der Waals surface area contributed by atoms with Gasteiger partial charge in [-0.3, -0.25) is 0 Å². The van der Waals surface area contributed by atoms with E-state index in [4.69, 9.17) is 0 Å². The Bertz CT molecular complexity index is 553. The van der Waals surface area contributed by atoms with Gasteiger partial charge in [0.1, 0.15) is 0 Å². The van der Waals surface area contributed by atoms with E-state index >= 15 is 0 Å². The van der Waals surface area contributed by atoms with Crippen LogP contribution >= 0.6 is 0 Å². The molecule has 0 aliphatic rings. The highest BCUT2D eigenvalue weighted by molar-refractivity contribution is 5.51. The Kier molecular flexibility index (Phi) is 5.99. The molecule has 96 valence electrons. The zero-order valence-corrected chi connectivity index (χ0v) is 11.7. The van der Waals surface area contributed by atoms with Gasteiger partial charge in [0.25, 0.3) is 0 Å². The van der Waals surface area contributed by atoms with Crippen LogP contribution in [0.2, 0.25) is 0 Å². The van der Waals surface area contributed by atoms with E-state index in [0.717, 1.165) is 23.8 Å². The second-order valence-corrected chi connectivity index (χ2v) is 4.39. The average molecular weight is 241 g/mol. The van der Waals surface area contributed by atoms with Crippen molar-refractivity contribution in [3.05, 3.63) is 58.8 Å². The molecule has 18 heavy (non-hydrogen) atoms. The number of hydrogen-bond donors (Lipinski definition) is 1. The molecular weight excluding hydrogens is 218 g/mol. The summed E-state index contributed by atoms with van der Waals surface area (Å²) in [5.41, 5.74) is 2.28. The number of nitrogens with one attached hydrogen (secondary N) is 1. The van der Waals surface area contributed by atoms with Crippen LogP contribution in [0.25, 0.3) is 12.2 Å². The average Bonchev–Trinajstić information content (AvgIpc) is 2.75. The molecule has 0 aromatic carbocycles. The van der Waals surface area contributed by atoms with Crippen molar-refractivity contribution in [2.45, 2.75) is 33.6 Å². The van der Waals surface area contributed by atoms with E-state index in [1.807, 2.05) is 6.08 Å². The molecule has 0 bridgehead atoms. The van der Waals surface area contributed by atoms with Gasteiger partial charge in [0, 0.05) is 10.7 Å². The van der Waals surface area contributed by atoms with Crippen LogP contribution in [0.4, 0.5) is 0 Å². The lowest BCUT2D eigenvalue weighted by molar-refractivity contribution is 1.20. The monoisotopic (exact) mass is 241 g/mol. The van der Waals surface area contributed by atoms with Gasteiger partial charge in [-0.05, 0) is 43.5 Å². The van der Waals surface area contributed by atoms with E-state index in [1.54, 1.807) is 0 Å². The summed E-state index contributed by atoms with van der Waals surface area (Å²) in [4.78, 5) is 3.34. The summed E-state index contributed by atoms with van der Waals surface area (Å²) in [6, 6.07) is 4.17. The molecule has 0 radical (unpaired) electrons. The number of H-pyrrole nitrogens is 1. The summed E-state index contributed by atoms with van der Waals surface area (Å²) in [5.74, 6) is 0. The third-order valence-electron chi connectivity index (χ3n) is 2.58. The molecule has 0 atom stereocenters. The molecule has 0 fully saturated rings. The van der Waals surface area contributed by atoms with E-state index in [2.05, 4.69) is 68.8 Å². The van der Waals surface area contributed by atoms with Crippen LogP contribution in [-0.2, 0) is 0 Å². The highest BCUT2D eigenvalue weighted by atomic mass is 14.7. The van der Waals surface area contributed by atoms with Crippen molar-refractivity contribution in [3.63, 3.8) is 0 Å². The topological polar surface area (TPSA) is 15.8 Å². The predicted octanol–water partition coefficient (Wildman–Crippen LogP) is 3.45. The van der Waals surface area contributed by atoms with Crippen LogP contribution in [-0.4, -0.2) is 4.98 Å². The van der Waals surface area contributed by atoms with E-state index in [9.17, 15) is 0 Å². The first kappa shape index (κ1) is 14.3. The van der Waals surface area contributed by atoms with Gasteiger partial charge < -0.3 is 4.98 Å². The number of aromatic nitrogens is 1. The van der Waals surface area contributed by atoms with Crippen LogP contribution < -0.4 is 10.7 Å². The molecule has 0 unspecified atom stereocenters. The third kappa shape index (κ3) is 5.05. The van der Waals surface area contributed by atoms with Gasteiger partial charge in [0.15, 0.2) is 0 Å². The maximum Gasteiger partial charge on any atom is 0.0390 e. The summed E-state index contributed by atoms with van der Waals surface area (Å²) in [6.45, 7) is 10.4. The van der Waals surface area contributed by atoms with Gasteiger partial charge in [-0.1, -0.05) is 50.3 Å². The van der Waals surface area contributed by atoms with Crippen LogP contribution in [0.15, 0.2) is 48.1 Å². The fraction of sp³-hybridized carbons (Fsp3) is 0.294. The van der Waals surface area contributed by atoms with E-state index < -0.39 is 0 Å². The summed E-state index contributed by atoms with van der Waals surface area (Å²) < 4.78 is 0. The molecule has 0 aliphatic carbocycles. The predicted molar refractivity (Wildman–Crippen MR) is 81.6 cm³/mol. The molecule has 1 nitrogen and oxygen atoms in total. The van der Waals surface area contributed by atoms with Crippen LogP contribution in [0.3, 0.4) is 0 Å². The Morgan fingerprint density at radius 2 is 1.89 bits per heavy atom. The number of hydrogen-bond acceptors (Lipinski definition) is 0. The highest BCUT2D eigenvalue weighted by Crippen LogP contribution is 2.01. The minimum Gasteiger partial charge on any atom is -0.356 e. The Balaban J connectivity index is 2.80. The van der Waals surface area contributed by atoms with Crippen LogP contribution in [0, 0.1) is 0 Å². The SMILES string of the molecule is C=C(/C=C\C(C)=C\CC)/C=c1/cc/c(=C/CC)[nH]1. The second-order valence-electron chi connectivity index (χ2n) is 4.39. The quantitative estimate of drug-likeness (QED) is 0.760. The first-order valence-corrected chi connectivity index (χ1v) is 6.56. The molecule has 0 aliphatic heterocycles. The Labute approximate surface area is 110 Å². The minimum absolute atomic E-state index is 1.00. The number of aromatic amines is 1. The summed E-state index contributed by atoms with van der Waals surface area (Å²) in [7, 11) is 0. The largest absolute Gasteiger partial charge is 0.356 e. The minimum atomic E-state index is 1.00. The lowest BCUT2D eigenvalue weighted by Gasteiger charge is -1.91. The van der Waals surface area contributed by atoms with Crippen molar-refractivity contribution < 1.29 is 0 Å². The zero-order valence-electron chi connectivity index (χ0n) is 11.7. The lowest BCUT2D eigenvalue weighted by Crippen LogP contribution is -2.08. The molecule has 1 rings (SSSR count). The van der Waals surface area contributed by atoms with E-state index in [1.165, 1.54) is 10.9 Å². The van der Waals surface area contributed by atoms with Crippen molar-refractivity contribution in [1.82, 2.24) is 4.98 Å². The van der Waals surface area contributed by atoms with Gasteiger partial charge in [-0.25, -0.2) is 0 Å². The summed E-state index contributed by atoms with van der Waals surface area (Å²) in [6.07, 6.45) is 12.7. The molecule has 0 saturated heterocycles. The standard InChI is InChI=1S/C17H23N/c1-5-7-14(3)9-10-15(4)13-17-12-11-16(18-17)8-6-2/h7-13,18H,4-6H2,1-3H3/b10-9-,14-7+,16-8-,17-13-. The molecule has 0 amide bonds. The van der Waals surface area contributed by atoms with Crippen molar-refractivity contribution >= 4 is 12.2 Å². The number of rotatable bonds is 5. The van der Waals surface area contributed by atoms with Crippen molar-refractivity contribution in [2.75, 3.05) is 0 Å². The molecule has 1 N–H and O–H groups in total. The smallest absolute Gasteiger partial charge is 0.0390 e. The third-order valence-corrected chi connectivity index (χ3v) is 2.58. The molecule has 1 aromatic heterocycles. The lowest BCUT2D eigenvalue weighted by atomic mass is 10.2. The van der Waals surface area contributed by atoms with Gasteiger partial charge in [-0.2, -0.15) is 0 Å². The number of allylic oxidation sites excluding steroid dienone is 5. The van der Waals surface area contributed by atoms with Crippen LogP contribution in [0.1, 0.15) is 33.6 Å². The Morgan fingerprint density at radius 3 is 2.56 bits per heavy atom. The molecule has 1 aromatic rings. The van der Waals surface area contributed by atoms with Gasteiger partial charge >= 0.3 is 0 Å². The Hall–Kier alpha value is -1.76. The maximum atomic E-state index is 4.04. The Morgan fingerprint density at radius 1 is 1.17 bits per heavy atom. The molecule has 1 heterocycles. The zero-order chi connectivity index (χ0) is 13.4. The first-order chi connectivity index (χ1) is 8.65. The van der Waals surface area contributed by atoms with Gasteiger partial charge in [0.05, 0.1) is 0 Å². The second kappa shape index (κ2) is 7.54. The molecule has 0 saturated carbocycles. The van der Waals surface area contributed by atoms with Crippen molar-refractivity contribution in [2.24, 2.45) is 0 Å². The van der Waals surface area contributed by atoms with E-state index in [0.29, 0.717) is 0 Å². The van der Waals surface area contributed by atoms with Crippen molar-refractivity contribution in [3.8, 4) is 0 Å². The molecule has 1 heteroatoms. The van der Waals surface area contributed by atoms with Crippen molar-refractivity contribution in [1.29, 1.82) is 0 Å². The first-order valence-electron chi connectivity index (χ1n) is 6.56. The maximum absolute atomic E-state index is 4.04. The van der Waals surface area contributed by atoms with Crippen LogP contribution in [0.5, 0.6) is 0 Å². The molecular formula is C17H23N. The molecule has 0 spiro atoms.